The zero-order valence-corrected chi connectivity index (χ0v) is 17.4. The van der Waals surface area contributed by atoms with Crippen LogP contribution in [0.5, 0.6) is 5.75 Å². The number of nitrogen functional groups attached to an aromatic ring is 1. The maximum atomic E-state index is 11.4. The van der Waals surface area contributed by atoms with E-state index < -0.39 is 6.09 Å². The van der Waals surface area contributed by atoms with E-state index in [0.29, 0.717) is 25.5 Å². The molecule has 3 N–H and O–H groups in total. The maximum Gasteiger partial charge on any atom is 0.407 e. The number of rotatable bonds is 6. The lowest BCUT2D eigenvalue weighted by molar-refractivity contribution is 0.137. The van der Waals surface area contributed by atoms with Gasteiger partial charge in [0.2, 0.25) is 0 Å². The van der Waals surface area contributed by atoms with Crippen LogP contribution in [0.3, 0.4) is 0 Å². The van der Waals surface area contributed by atoms with Crippen molar-refractivity contribution < 1.29 is 14.6 Å². The lowest BCUT2D eigenvalue weighted by atomic mass is 10.2. The molecule has 2 bridgehead atoms. The van der Waals surface area contributed by atoms with Crippen LogP contribution in [0.15, 0.2) is 36.5 Å². The molecule has 0 saturated carbocycles. The van der Waals surface area contributed by atoms with Crippen molar-refractivity contribution in [1.82, 2.24) is 19.7 Å². The molecule has 3 aromatic rings. The van der Waals surface area contributed by atoms with E-state index in [1.165, 1.54) is 4.90 Å². The van der Waals surface area contributed by atoms with Crippen molar-refractivity contribution >= 4 is 28.6 Å². The molecular weight excluding hydrogens is 396 g/mol. The smallest absolute Gasteiger partial charge is 0.407 e. The standard InChI is InChI=1S/C22H26N6O3/c1-2-3-8-31-17-4-5-18-19(11-17)28(25-21(18)23)14-6-7-24-20(10-14)26-12-16-9-15(26)13-27(16)22(29)30/h4-7,10-11,15-16H,2-3,8-9,12-13H2,1H3,(H2,23,25)(H,29,30)/t15-,16-/m0/s1. The molecule has 4 heterocycles. The predicted octanol–water partition coefficient (Wildman–Crippen LogP) is 3.12. The number of nitrogens with two attached hydrogens (primary N) is 1. The van der Waals surface area contributed by atoms with E-state index in [1.807, 2.05) is 35.0 Å². The third kappa shape index (κ3) is 3.39. The molecule has 162 valence electrons. The molecule has 0 radical (unpaired) electrons. The average Bonchev–Trinajstić information content (AvgIpc) is 3.47. The summed E-state index contributed by atoms with van der Waals surface area (Å²) in [5.74, 6) is 2.08. The Hall–Kier alpha value is -3.49. The third-order valence-corrected chi connectivity index (χ3v) is 6.20. The van der Waals surface area contributed by atoms with Crippen LogP contribution in [-0.4, -0.2) is 62.6 Å². The molecule has 31 heavy (non-hydrogen) atoms. The molecular formula is C22H26N6O3. The van der Waals surface area contributed by atoms with Crippen LogP contribution < -0.4 is 15.4 Å². The highest BCUT2D eigenvalue weighted by atomic mass is 16.5. The van der Waals surface area contributed by atoms with E-state index in [-0.39, 0.29) is 12.1 Å². The van der Waals surface area contributed by atoms with Crippen molar-refractivity contribution in [2.45, 2.75) is 38.3 Å². The Morgan fingerprint density at radius 1 is 1.26 bits per heavy atom. The first-order valence-corrected chi connectivity index (χ1v) is 10.7. The highest BCUT2D eigenvalue weighted by Gasteiger charge is 2.45. The zero-order chi connectivity index (χ0) is 21.5. The van der Waals surface area contributed by atoms with Gasteiger partial charge in [-0.1, -0.05) is 13.3 Å². The fraction of sp³-hybridized carbons (Fsp3) is 0.409. The quantitative estimate of drug-likeness (QED) is 0.587. The number of nitrogens with zero attached hydrogens (tertiary/aromatic N) is 5. The number of carbonyl (C=O) groups is 1. The fourth-order valence-electron chi connectivity index (χ4n) is 4.62. The summed E-state index contributed by atoms with van der Waals surface area (Å²) in [5.41, 5.74) is 7.91. The van der Waals surface area contributed by atoms with Crippen LogP contribution in [0.4, 0.5) is 16.4 Å². The van der Waals surface area contributed by atoms with Crippen LogP contribution in [0.1, 0.15) is 26.2 Å². The zero-order valence-electron chi connectivity index (χ0n) is 17.4. The van der Waals surface area contributed by atoms with Crippen LogP contribution in [0, 0.1) is 0 Å². The third-order valence-electron chi connectivity index (χ3n) is 6.20. The maximum absolute atomic E-state index is 11.4. The van der Waals surface area contributed by atoms with Gasteiger partial charge in [-0.15, -0.1) is 5.10 Å². The largest absolute Gasteiger partial charge is 0.494 e. The first-order chi connectivity index (χ1) is 15.0. The molecule has 1 aromatic carbocycles. The van der Waals surface area contributed by atoms with Crippen molar-refractivity contribution in [1.29, 1.82) is 0 Å². The second kappa shape index (κ2) is 7.64. The topological polar surface area (TPSA) is 110 Å². The molecule has 2 aromatic heterocycles. The minimum atomic E-state index is -0.843. The van der Waals surface area contributed by atoms with Gasteiger partial charge in [-0.05, 0) is 31.0 Å². The van der Waals surface area contributed by atoms with E-state index in [1.54, 1.807) is 6.20 Å². The van der Waals surface area contributed by atoms with Gasteiger partial charge >= 0.3 is 6.09 Å². The summed E-state index contributed by atoms with van der Waals surface area (Å²) >= 11 is 0. The number of ether oxygens (including phenoxy) is 1. The Morgan fingerprint density at radius 3 is 2.87 bits per heavy atom. The Bertz CT molecular complexity index is 1130. The molecule has 2 aliphatic heterocycles. The van der Waals surface area contributed by atoms with Crippen LogP contribution in [-0.2, 0) is 0 Å². The summed E-state index contributed by atoms with van der Waals surface area (Å²) in [5, 5.41) is 14.8. The summed E-state index contributed by atoms with van der Waals surface area (Å²) in [4.78, 5) is 19.7. The van der Waals surface area contributed by atoms with Crippen molar-refractivity contribution in [2.75, 3.05) is 30.3 Å². The van der Waals surface area contributed by atoms with Gasteiger partial charge in [0.15, 0.2) is 5.82 Å². The number of likely N-dealkylation sites (tertiary alicyclic amines) is 1. The number of fused-ring (bicyclic) bond motifs is 3. The molecule has 2 aliphatic rings. The molecule has 0 unspecified atom stereocenters. The van der Waals surface area contributed by atoms with Gasteiger partial charge in [0.25, 0.3) is 0 Å². The lowest BCUT2D eigenvalue weighted by Crippen LogP contribution is -2.48. The normalized spacial score (nSPS) is 20.0. The molecule has 9 nitrogen and oxygen atoms in total. The number of amides is 1. The number of hydrogen-bond acceptors (Lipinski definition) is 6. The molecule has 2 saturated heterocycles. The Kier molecular flexibility index (Phi) is 4.80. The number of aromatic nitrogens is 3. The summed E-state index contributed by atoms with van der Waals surface area (Å²) in [6.07, 6.45) is 3.84. The van der Waals surface area contributed by atoms with Crippen LogP contribution in [0.25, 0.3) is 16.6 Å². The molecule has 5 rings (SSSR count). The van der Waals surface area contributed by atoms with Gasteiger partial charge < -0.3 is 25.4 Å². The van der Waals surface area contributed by atoms with Gasteiger partial charge in [0.1, 0.15) is 11.6 Å². The van der Waals surface area contributed by atoms with E-state index in [0.717, 1.165) is 47.4 Å². The molecule has 9 heteroatoms. The van der Waals surface area contributed by atoms with Gasteiger partial charge in [-0.3, -0.25) is 0 Å². The van der Waals surface area contributed by atoms with E-state index >= 15 is 0 Å². The van der Waals surface area contributed by atoms with Crippen LogP contribution in [0.2, 0.25) is 0 Å². The van der Waals surface area contributed by atoms with Gasteiger partial charge in [-0.2, -0.15) is 0 Å². The lowest BCUT2D eigenvalue weighted by Gasteiger charge is -2.33. The van der Waals surface area contributed by atoms with Gasteiger partial charge in [0.05, 0.1) is 29.9 Å². The SMILES string of the molecule is CCCCOc1ccc2c(N)nn(-c3ccnc(N4C[C@@H]5C[C@H]4CN5C(=O)O)c3)c2c1. The van der Waals surface area contributed by atoms with Crippen molar-refractivity contribution in [2.24, 2.45) is 0 Å². The minimum Gasteiger partial charge on any atom is -0.494 e. The minimum absolute atomic E-state index is 0.0250. The average molecular weight is 422 g/mol. The molecule has 1 amide bonds. The van der Waals surface area contributed by atoms with Gasteiger partial charge in [0, 0.05) is 36.8 Å². The Labute approximate surface area is 180 Å². The summed E-state index contributed by atoms with van der Waals surface area (Å²) < 4.78 is 7.69. The van der Waals surface area contributed by atoms with E-state index in [4.69, 9.17) is 10.5 Å². The van der Waals surface area contributed by atoms with Crippen LogP contribution >= 0.6 is 0 Å². The summed E-state index contributed by atoms with van der Waals surface area (Å²) in [7, 11) is 0. The summed E-state index contributed by atoms with van der Waals surface area (Å²) in [6.45, 7) is 3.98. The number of carboxylic acid groups (broad SMARTS) is 1. The second-order valence-electron chi connectivity index (χ2n) is 8.18. The molecule has 2 fully saturated rings. The first-order valence-electron chi connectivity index (χ1n) is 10.7. The number of pyridine rings is 1. The predicted molar refractivity (Wildman–Crippen MR) is 118 cm³/mol. The van der Waals surface area contributed by atoms with Crippen molar-refractivity contribution in [3.05, 3.63) is 36.5 Å². The molecule has 2 atom stereocenters. The number of hydrogen-bond donors (Lipinski definition) is 2. The van der Waals surface area contributed by atoms with Crippen molar-refractivity contribution in [3.63, 3.8) is 0 Å². The number of anilines is 2. The molecule has 0 aliphatic carbocycles. The number of piperazine rings is 1. The second-order valence-corrected chi connectivity index (χ2v) is 8.18. The highest BCUT2D eigenvalue weighted by Crippen LogP contribution is 2.35. The number of unbranched alkanes of at least 4 members (excludes halogenated alkanes) is 1. The van der Waals surface area contributed by atoms with E-state index in [2.05, 4.69) is 21.9 Å². The first kappa shape index (κ1) is 19.5. The Morgan fingerprint density at radius 2 is 2.13 bits per heavy atom. The van der Waals surface area contributed by atoms with Crippen molar-refractivity contribution in [3.8, 4) is 11.4 Å². The number of benzene rings is 1. The fourth-order valence-corrected chi connectivity index (χ4v) is 4.62. The summed E-state index contributed by atoms with van der Waals surface area (Å²) in [6, 6.07) is 9.90. The highest BCUT2D eigenvalue weighted by molar-refractivity contribution is 5.91. The Balaban J connectivity index is 1.45. The monoisotopic (exact) mass is 422 g/mol. The molecule has 0 spiro atoms. The van der Waals surface area contributed by atoms with E-state index in [9.17, 15) is 9.90 Å². The van der Waals surface area contributed by atoms with Gasteiger partial charge in [-0.25, -0.2) is 14.5 Å².